The largest absolute Gasteiger partial charge is 0.381 e. The SMILES string of the molecule is C=C(CC)CNc1ccc(Br)c(Cl)c1. The Kier molecular flexibility index (Phi) is 4.49. The zero-order chi connectivity index (χ0) is 10.6. The standard InChI is InChI=1S/C11H13BrClN/c1-3-8(2)7-14-9-4-5-10(12)11(13)6-9/h4-6,14H,2-3,7H2,1H3. The predicted octanol–water partition coefficient (Wildman–Crippen LogP) is 4.48. The summed E-state index contributed by atoms with van der Waals surface area (Å²) >= 11 is 9.30. The van der Waals surface area contributed by atoms with Gasteiger partial charge < -0.3 is 5.32 Å². The lowest BCUT2D eigenvalue weighted by Crippen LogP contribution is -2.02. The Bertz CT molecular complexity index is 336. The maximum atomic E-state index is 5.95. The molecule has 0 saturated carbocycles. The first-order valence-corrected chi connectivity index (χ1v) is 5.66. The number of nitrogens with one attached hydrogen (secondary N) is 1. The predicted molar refractivity (Wildman–Crippen MR) is 67.1 cm³/mol. The van der Waals surface area contributed by atoms with Crippen LogP contribution in [-0.4, -0.2) is 6.54 Å². The fraction of sp³-hybridized carbons (Fsp3) is 0.273. The summed E-state index contributed by atoms with van der Waals surface area (Å²) in [6.07, 6.45) is 0.997. The topological polar surface area (TPSA) is 12.0 Å². The molecule has 1 aromatic rings. The molecule has 3 heteroatoms. The normalized spacial score (nSPS) is 9.93. The van der Waals surface area contributed by atoms with Crippen LogP contribution in [0.25, 0.3) is 0 Å². The summed E-state index contributed by atoms with van der Waals surface area (Å²) in [5, 5.41) is 3.98. The Morgan fingerprint density at radius 2 is 2.29 bits per heavy atom. The van der Waals surface area contributed by atoms with E-state index in [9.17, 15) is 0 Å². The Labute approximate surface area is 98.3 Å². The van der Waals surface area contributed by atoms with Crippen molar-refractivity contribution < 1.29 is 0 Å². The van der Waals surface area contributed by atoms with Gasteiger partial charge in [-0.3, -0.25) is 0 Å². The van der Waals surface area contributed by atoms with Gasteiger partial charge in [0.05, 0.1) is 5.02 Å². The van der Waals surface area contributed by atoms with E-state index in [-0.39, 0.29) is 0 Å². The Hall–Kier alpha value is -0.470. The van der Waals surface area contributed by atoms with Crippen molar-refractivity contribution >= 4 is 33.2 Å². The molecule has 1 aromatic carbocycles. The fourth-order valence-electron chi connectivity index (χ4n) is 0.958. The van der Waals surface area contributed by atoms with E-state index >= 15 is 0 Å². The van der Waals surface area contributed by atoms with Gasteiger partial charge in [0.2, 0.25) is 0 Å². The average Bonchev–Trinajstić information content (AvgIpc) is 2.19. The number of hydrogen-bond acceptors (Lipinski definition) is 1. The molecule has 1 N–H and O–H groups in total. The van der Waals surface area contributed by atoms with Gasteiger partial charge in [-0.15, -0.1) is 0 Å². The first-order chi connectivity index (χ1) is 6.63. The van der Waals surface area contributed by atoms with E-state index in [0.29, 0.717) is 0 Å². The molecular formula is C11H13BrClN. The third kappa shape index (κ3) is 3.35. The number of rotatable bonds is 4. The molecule has 0 bridgehead atoms. The van der Waals surface area contributed by atoms with E-state index < -0.39 is 0 Å². The third-order valence-corrected chi connectivity index (χ3v) is 3.19. The first kappa shape index (κ1) is 11.6. The van der Waals surface area contributed by atoms with Crippen LogP contribution < -0.4 is 5.32 Å². The Morgan fingerprint density at radius 3 is 2.86 bits per heavy atom. The molecule has 0 aliphatic heterocycles. The van der Waals surface area contributed by atoms with Crippen LogP contribution in [0.3, 0.4) is 0 Å². The highest BCUT2D eigenvalue weighted by molar-refractivity contribution is 9.10. The highest BCUT2D eigenvalue weighted by Crippen LogP contribution is 2.25. The molecule has 1 rings (SSSR count). The number of anilines is 1. The van der Waals surface area contributed by atoms with Crippen molar-refractivity contribution in [1.82, 2.24) is 0 Å². The summed E-state index contributed by atoms with van der Waals surface area (Å²) in [6, 6.07) is 5.81. The smallest absolute Gasteiger partial charge is 0.0568 e. The van der Waals surface area contributed by atoms with Crippen molar-refractivity contribution in [2.75, 3.05) is 11.9 Å². The van der Waals surface area contributed by atoms with Crippen LogP contribution >= 0.6 is 27.5 Å². The Morgan fingerprint density at radius 1 is 1.57 bits per heavy atom. The van der Waals surface area contributed by atoms with Gasteiger partial charge >= 0.3 is 0 Å². The van der Waals surface area contributed by atoms with E-state index in [2.05, 4.69) is 34.7 Å². The van der Waals surface area contributed by atoms with Gasteiger partial charge in [-0.1, -0.05) is 30.7 Å². The summed E-state index contributed by atoms with van der Waals surface area (Å²) in [5.41, 5.74) is 2.21. The Balaban J connectivity index is 2.60. The first-order valence-electron chi connectivity index (χ1n) is 4.49. The van der Waals surface area contributed by atoms with Crippen LogP contribution in [0.2, 0.25) is 5.02 Å². The van der Waals surface area contributed by atoms with Gasteiger partial charge in [0.15, 0.2) is 0 Å². The third-order valence-electron chi connectivity index (χ3n) is 1.96. The number of benzene rings is 1. The maximum absolute atomic E-state index is 5.95. The van der Waals surface area contributed by atoms with Crippen LogP contribution in [0.5, 0.6) is 0 Å². The zero-order valence-corrected chi connectivity index (χ0v) is 10.5. The lowest BCUT2D eigenvalue weighted by Gasteiger charge is -2.08. The molecule has 0 unspecified atom stereocenters. The highest BCUT2D eigenvalue weighted by Gasteiger charge is 1.98. The average molecular weight is 275 g/mol. The molecule has 76 valence electrons. The minimum atomic E-state index is 0.720. The molecule has 0 amide bonds. The van der Waals surface area contributed by atoms with Crippen LogP contribution in [0.1, 0.15) is 13.3 Å². The molecule has 0 spiro atoms. The molecule has 0 fully saturated rings. The monoisotopic (exact) mass is 273 g/mol. The second-order valence-corrected chi connectivity index (χ2v) is 4.35. The van der Waals surface area contributed by atoms with E-state index in [0.717, 1.165) is 28.1 Å². The minimum Gasteiger partial charge on any atom is -0.381 e. The van der Waals surface area contributed by atoms with Crippen LogP contribution in [0.4, 0.5) is 5.69 Å². The lowest BCUT2D eigenvalue weighted by atomic mass is 10.2. The molecular weight excluding hydrogens is 261 g/mol. The van der Waals surface area contributed by atoms with Gasteiger partial charge in [-0.25, -0.2) is 0 Å². The van der Waals surface area contributed by atoms with E-state index in [4.69, 9.17) is 11.6 Å². The molecule has 0 aromatic heterocycles. The van der Waals surface area contributed by atoms with Crippen molar-refractivity contribution in [3.63, 3.8) is 0 Å². The summed E-state index contributed by atoms with van der Waals surface area (Å²) in [5.74, 6) is 0. The van der Waals surface area contributed by atoms with Gasteiger partial charge in [0.1, 0.15) is 0 Å². The highest BCUT2D eigenvalue weighted by atomic mass is 79.9. The van der Waals surface area contributed by atoms with Crippen molar-refractivity contribution in [1.29, 1.82) is 0 Å². The van der Waals surface area contributed by atoms with Gasteiger partial charge in [0, 0.05) is 16.7 Å². The molecule has 0 heterocycles. The zero-order valence-electron chi connectivity index (χ0n) is 8.11. The van der Waals surface area contributed by atoms with Crippen molar-refractivity contribution in [3.8, 4) is 0 Å². The molecule has 0 radical (unpaired) electrons. The summed E-state index contributed by atoms with van der Waals surface area (Å²) in [6.45, 7) is 6.82. The maximum Gasteiger partial charge on any atom is 0.0568 e. The van der Waals surface area contributed by atoms with Crippen LogP contribution in [0.15, 0.2) is 34.8 Å². The fourth-order valence-corrected chi connectivity index (χ4v) is 1.39. The van der Waals surface area contributed by atoms with Gasteiger partial charge in [-0.2, -0.15) is 0 Å². The molecule has 1 nitrogen and oxygen atoms in total. The lowest BCUT2D eigenvalue weighted by molar-refractivity contribution is 1.05. The molecule has 0 aliphatic carbocycles. The van der Waals surface area contributed by atoms with E-state index in [1.54, 1.807) is 0 Å². The quantitative estimate of drug-likeness (QED) is 0.798. The van der Waals surface area contributed by atoms with E-state index in [1.165, 1.54) is 5.57 Å². The minimum absolute atomic E-state index is 0.720. The van der Waals surface area contributed by atoms with Crippen LogP contribution in [0, 0.1) is 0 Å². The number of halogens is 2. The van der Waals surface area contributed by atoms with Crippen LogP contribution in [-0.2, 0) is 0 Å². The summed E-state index contributed by atoms with van der Waals surface area (Å²) in [7, 11) is 0. The van der Waals surface area contributed by atoms with Crippen molar-refractivity contribution in [2.24, 2.45) is 0 Å². The summed E-state index contributed by atoms with van der Waals surface area (Å²) < 4.78 is 0.916. The summed E-state index contributed by atoms with van der Waals surface area (Å²) in [4.78, 5) is 0. The number of hydrogen-bond donors (Lipinski definition) is 1. The molecule has 0 aliphatic rings. The van der Waals surface area contributed by atoms with Gasteiger partial charge in [-0.05, 0) is 40.5 Å². The second-order valence-electron chi connectivity index (χ2n) is 3.09. The van der Waals surface area contributed by atoms with Crippen molar-refractivity contribution in [2.45, 2.75) is 13.3 Å². The van der Waals surface area contributed by atoms with E-state index in [1.807, 2.05) is 18.2 Å². The molecule has 0 saturated heterocycles. The second kappa shape index (κ2) is 5.42. The van der Waals surface area contributed by atoms with Crippen molar-refractivity contribution in [3.05, 3.63) is 39.8 Å². The molecule has 0 atom stereocenters. The van der Waals surface area contributed by atoms with Gasteiger partial charge in [0.25, 0.3) is 0 Å². The molecule has 14 heavy (non-hydrogen) atoms.